The molecule has 1 aromatic rings. The molecular formula is C17H26N4O. The molecule has 2 saturated carbocycles. The first-order valence-corrected chi connectivity index (χ1v) is 8.74. The molecule has 22 heavy (non-hydrogen) atoms. The fourth-order valence-electron chi connectivity index (χ4n) is 3.71. The number of aromatic nitrogens is 2. The van der Waals surface area contributed by atoms with Crippen molar-refractivity contribution >= 4 is 5.82 Å². The molecule has 0 bridgehead atoms. The van der Waals surface area contributed by atoms with E-state index in [-0.39, 0.29) is 0 Å². The Labute approximate surface area is 132 Å². The number of anilines is 1. The predicted molar refractivity (Wildman–Crippen MR) is 86.0 cm³/mol. The van der Waals surface area contributed by atoms with Gasteiger partial charge in [0.1, 0.15) is 0 Å². The minimum absolute atomic E-state index is 0.437. The number of rotatable bonds is 6. The normalized spacial score (nSPS) is 24.5. The molecule has 120 valence electrons. The number of nitrogens with zero attached hydrogens (tertiary/aromatic N) is 3. The van der Waals surface area contributed by atoms with Crippen molar-refractivity contribution < 1.29 is 5.11 Å². The maximum Gasteiger partial charge on any atom is 0.151 e. The average Bonchev–Trinajstić information content (AvgIpc) is 3.24. The molecule has 5 nitrogen and oxygen atoms in total. The molecule has 1 aromatic heterocycles. The summed E-state index contributed by atoms with van der Waals surface area (Å²) in [6.07, 6.45) is 6.81. The van der Waals surface area contributed by atoms with E-state index in [4.69, 9.17) is 0 Å². The van der Waals surface area contributed by atoms with E-state index in [2.05, 4.69) is 32.5 Å². The topological polar surface area (TPSA) is 61.3 Å². The molecule has 2 N–H and O–H groups in total. The molecule has 0 unspecified atom stereocenters. The summed E-state index contributed by atoms with van der Waals surface area (Å²) in [4.78, 5) is 2.29. The average molecular weight is 302 g/mol. The Balaban J connectivity index is 1.19. The molecule has 2 heterocycles. The second-order valence-electron chi connectivity index (χ2n) is 7.42. The smallest absolute Gasteiger partial charge is 0.151 e. The van der Waals surface area contributed by atoms with Crippen LogP contribution in [0.1, 0.15) is 50.1 Å². The van der Waals surface area contributed by atoms with E-state index in [1.165, 1.54) is 25.7 Å². The number of aliphatic hydroxyl groups is 1. The molecule has 3 aliphatic rings. The van der Waals surface area contributed by atoms with Gasteiger partial charge >= 0.3 is 0 Å². The van der Waals surface area contributed by atoms with Crippen LogP contribution in [0.5, 0.6) is 0 Å². The van der Waals surface area contributed by atoms with Crippen molar-refractivity contribution in [2.75, 3.05) is 31.1 Å². The highest BCUT2D eigenvalue weighted by molar-refractivity contribution is 5.41. The van der Waals surface area contributed by atoms with Gasteiger partial charge in [0.15, 0.2) is 5.82 Å². The highest BCUT2D eigenvalue weighted by Gasteiger charge is 2.32. The van der Waals surface area contributed by atoms with Crippen LogP contribution in [0.25, 0.3) is 0 Å². The highest BCUT2D eigenvalue weighted by atomic mass is 16.3. The summed E-state index contributed by atoms with van der Waals surface area (Å²) in [5.74, 6) is 2.35. The molecule has 4 rings (SSSR count). The lowest BCUT2D eigenvalue weighted by Gasteiger charge is -2.40. The second kappa shape index (κ2) is 5.78. The quantitative estimate of drug-likeness (QED) is 0.837. The molecular weight excluding hydrogens is 276 g/mol. The van der Waals surface area contributed by atoms with E-state index in [1.807, 2.05) is 0 Å². The van der Waals surface area contributed by atoms with Gasteiger partial charge in [-0.1, -0.05) is 12.8 Å². The Morgan fingerprint density at radius 1 is 1.18 bits per heavy atom. The van der Waals surface area contributed by atoms with Crippen LogP contribution in [0, 0.1) is 5.92 Å². The van der Waals surface area contributed by atoms with Gasteiger partial charge in [0, 0.05) is 38.0 Å². The summed E-state index contributed by atoms with van der Waals surface area (Å²) < 4.78 is 0. The van der Waals surface area contributed by atoms with E-state index in [0.29, 0.717) is 11.8 Å². The molecule has 3 fully saturated rings. The highest BCUT2D eigenvalue weighted by Crippen LogP contribution is 2.39. The summed E-state index contributed by atoms with van der Waals surface area (Å²) in [6, 6.07) is 4.26. The molecule has 0 spiro atoms. The second-order valence-corrected chi connectivity index (χ2v) is 7.42. The molecule has 1 saturated heterocycles. The largest absolute Gasteiger partial charge is 0.389 e. The molecule has 0 atom stereocenters. The van der Waals surface area contributed by atoms with Crippen molar-refractivity contribution in [1.82, 2.24) is 15.5 Å². The number of hydrogen-bond donors (Lipinski definition) is 2. The molecule has 0 amide bonds. The van der Waals surface area contributed by atoms with Gasteiger partial charge in [0.2, 0.25) is 0 Å². The van der Waals surface area contributed by atoms with Gasteiger partial charge in [-0.25, -0.2) is 0 Å². The lowest BCUT2D eigenvalue weighted by molar-refractivity contribution is 0.0466. The summed E-state index contributed by atoms with van der Waals surface area (Å²) in [5.41, 5.74) is 0.723. The van der Waals surface area contributed by atoms with Crippen molar-refractivity contribution in [2.24, 2.45) is 5.92 Å². The van der Waals surface area contributed by atoms with Gasteiger partial charge in [-0.3, -0.25) is 0 Å². The van der Waals surface area contributed by atoms with E-state index < -0.39 is 5.60 Å². The molecule has 1 aliphatic heterocycles. The van der Waals surface area contributed by atoms with Crippen LogP contribution in [0.4, 0.5) is 5.82 Å². The minimum Gasteiger partial charge on any atom is -0.389 e. The number of hydrogen-bond acceptors (Lipinski definition) is 5. The van der Waals surface area contributed by atoms with Crippen LogP contribution in [-0.2, 0) is 0 Å². The molecule has 5 heteroatoms. The summed E-state index contributed by atoms with van der Waals surface area (Å²) in [6.45, 7) is 3.83. The van der Waals surface area contributed by atoms with Gasteiger partial charge < -0.3 is 15.3 Å². The fraction of sp³-hybridized carbons (Fsp3) is 0.765. The zero-order valence-electron chi connectivity index (χ0n) is 13.2. The van der Waals surface area contributed by atoms with Crippen molar-refractivity contribution in [2.45, 2.75) is 50.0 Å². The first-order valence-electron chi connectivity index (χ1n) is 8.74. The maximum atomic E-state index is 10.3. The van der Waals surface area contributed by atoms with Crippen LogP contribution in [-0.4, -0.2) is 47.1 Å². The van der Waals surface area contributed by atoms with Gasteiger partial charge in [0.05, 0.1) is 11.3 Å². The third-order valence-corrected chi connectivity index (χ3v) is 5.37. The van der Waals surface area contributed by atoms with E-state index in [1.54, 1.807) is 0 Å². The van der Waals surface area contributed by atoms with Crippen LogP contribution < -0.4 is 10.2 Å². The lowest BCUT2D eigenvalue weighted by Crippen LogP contribution is -2.52. The van der Waals surface area contributed by atoms with Crippen LogP contribution in [0.15, 0.2) is 12.1 Å². The zero-order chi connectivity index (χ0) is 15.0. The van der Waals surface area contributed by atoms with Crippen molar-refractivity contribution in [3.8, 4) is 0 Å². The van der Waals surface area contributed by atoms with Gasteiger partial charge in [-0.2, -0.15) is 5.10 Å². The lowest BCUT2D eigenvalue weighted by atomic mass is 9.98. The van der Waals surface area contributed by atoms with Crippen LogP contribution in [0.3, 0.4) is 0 Å². The maximum absolute atomic E-state index is 10.3. The Hall–Kier alpha value is -1.20. The first kappa shape index (κ1) is 14.4. The molecule has 0 aromatic carbocycles. The SMILES string of the molecule is OC1(CNCC2CN(c3ccc(C4CC4)nn3)C2)CCCC1. The predicted octanol–water partition coefficient (Wildman–Crippen LogP) is 1.68. The zero-order valence-corrected chi connectivity index (χ0v) is 13.2. The van der Waals surface area contributed by atoms with Gasteiger partial charge in [0.25, 0.3) is 0 Å². The van der Waals surface area contributed by atoms with E-state index in [0.717, 1.165) is 50.5 Å². The monoisotopic (exact) mass is 302 g/mol. The third-order valence-electron chi connectivity index (χ3n) is 5.37. The van der Waals surface area contributed by atoms with Gasteiger partial charge in [-0.05, 0) is 37.8 Å². The number of nitrogens with one attached hydrogen (secondary N) is 1. The third kappa shape index (κ3) is 3.10. The van der Waals surface area contributed by atoms with Crippen molar-refractivity contribution in [3.63, 3.8) is 0 Å². The molecule has 0 radical (unpaired) electrons. The van der Waals surface area contributed by atoms with E-state index >= 15 is 0 Å². The first-order chi connectivity index (χ1) is 10.7. The minimum atomic E-state index is -0.437. The van der Waals surface area contributed by atoms with Gasteiger partial charge in [-0.15, -0.1) is 5.10 Å². The Morgan fingerprint density at radius 2 is 1.95 bits per heavy atom. The Morgan fingerprint density at radius 3 is 2.59 bits per heavy atom. The summed E-state index contributed by atoms with van der Waals surface area (Å²) in [5, 5.41) is 22.5. The standard InChI is InChI=1S/C17H26N4O/c22-17(7-1-2-8-17)12-18-9-13-10-21(11-13)16-6-5-15(19-20-16)14-3-4-14/h5-6,13-14,18,22H,1-4,7-12H2. The van der Waals surface area contributed by atoms with Crippen molar-refractivity contribution in [3.05, 3.63) is 17.8 Å². The van der Waals surface area contributed by atoms with E-state index in [9.17, 15) is 5.11 Å². The van der Waals surface area contributed by atoms with Crippen LogP contribution >= 0.6 is 0 Å². The summed E-state index contributed by atoms with van der Waals surface area (Å²) >= 11 is 0. The summed E-state index contributed by atoms with van der Waals surface area (Å²) in [7, 11) is 0. The Kier molecular flexibility index (Phi) is 3.78. The molecule has 2 aliphatic carbocycles. The fourth-order valence-corrected chi connectivity index (χ4v) is 3.71. The van der Waals surface area contributed by atoms with Crippen molar-refractivity contribution in [1.29, 1.82) is 0 Å². The Bertz CT molecular complexity index is 502. The van der Waals surface area contributed by atoms with Crippen LogP contribution in [0.2, 0.25) is 0 Å².